The van der Waals surface area contributed by atoms with Gasteiger partial charge in [-0.15, -0.1) is 0 Å². The van der Waals surface area contributed by atoms with E-state index >= 15 is 0 Å². The highest BCUT2D eigenvalue weighted by molar-refractivity contribution is 7.45. The molecule has 0 aromatic carbocycles. The van der Waals surface area contributed by atoms with Crippen molar-refractivity contribution in [3.05, 3.63) is 72.9 Å². The monoisotopic (exact) mass is 693 g/mol. The summed E-state index contributed by atoms with van der Waals surface area (Å²) in [6.07, 6.45) is 39.7. The molecule has 0 rings (SSSR count). The Labute approximate surface area is 293 Å². The van der Waals surface area contributed by atoms with Crippen molar-refractivity contribution in [1.29, 1.82) is 0 Å². The van der Waals surface area contributed by atoms with Gasteiger partial charge >= 0.3 is 5.97 Å². The highest BCUT2D eigenvalue weighted by atomic mass is 31.2. The number of hydrogen-bond donors (Lipinski definition) is 0. The van der Waals surface area contributed by atoms with Crippen LogP contribution >= 0.6 is 7.82 Å². The smallest absolute Gasteiger partial charge is 0.306 e. The number of quaternary nitrogens is 1. The lowest BCUT2D eigenvalue weighted by Crippen LogP contribution is -2.37. The molecule has 0 N–H and O–H groups in total. The Kier molecular flexibility index (Phi) is 30.8. The van der Waals surface area contributed by atoms with Crippen LogP contribution < -0.4 is 4.89 Å². The van der Waals surface area contributed by atoms with E-state index in [0.717, 1.165) is 89.9 Å². The second-order valence-corrected chi connectivity index (χ2v) is 14.3. The van der Waals surface area contributed by atoms with Gasteiger partial charge in [-0.05, 0) is 64.2 Å². The Hall–Kier alpha value is -2.06. The van der Waals surface area contributed by atoms with Crippen LogP contribution in [0.5, 0.6) is 0 Å². The first-order valence-corrected chi connectivity index (χ1v) is 19.6. The van der Waals surface area contributed by atoms with E-state index in [9.17, 15) is 14.3 Å². The molecule has 0 aromatic rings. The van der Waals surface area contributed by atoms with Crippen LogP contribution in [0, 0.1) is 0 Å². The number of hydrogen-bond acceptors (Lipinski definition) is 7. The van der Waals surface area contributed by atoms with E-state index in [1.807, 2.05) is 21.1 Å². The minimum absolute atomic E-state index is 0.0151. The van der Waals surface area contributed by atoms with Gasteiger partial charge in [-0.3, -0.25) is 9.36 Å². The normalized spacial score (nSPS) is 14.9. The lowest BCUT2D eigenvalue weighted by molar-refractivity contribution is -0.870. The van der Waals surface area contributed by atoms with Gasteiger partial charge in [-0.2, -0.15) is 0 Å². The van der Waals surface area contributed by atoms with Crippen molar-refractivity contribution in [3.63, 3.8) is 0 Å². The van der Waals surface area contributed by atoms with E-state index in [-0.39, 0.29) is 25.8 Å². The van der Waals surface area contributed by atoms with Crippen molar-refractivity contribution in [3.8, 4) is 0 Å². The maximum atomic E-state index is 12.3. The predicted octanol–water partition coefficient (Wildman–Crippen LogP) is 9.35. The fourth-order valence-corrected chi connectivity index (χ4v) is 4.92. The number of esters is 1. The van der Waals surface area contributed by atoms with E-state index in [2.05, 4.69) is 86.8 Å². The third-order valence-electron chi connectivity index (χ3n) is 7.02. The molecular weight excluding hydrogens is 625 g/mol. The van der Waals surface area contributed by atoms with Gasteiger partial charge in [-0.1, -0.05) is 112 Å². The summed E-state index contributed by atoms with van der Waals surface area (Å²) in [5.41, 5.74) is 0. The molecule has 9 heteroatoms. The zero-order chi connectivity index (χ0) is 35.6. The molecule has 2 unspecified atom stereocenters. The molecule has 0 aliphatic carbocycles. The van der Waals surface area contributed by atoms with Gasteiger partial charge in [-0.25, -0.2) is 0 Å². The second kappa shape index (κ2) is 32.2. The van der Waals surface area contributed by atoms with Crippen LogP contribution in [0.15, 0.2) is 72.9 Å². The van der Waals surface area contributed by atoms with Crippen LogP contribution in [0.4, 0.5) is 0 Å². The van der Waals surface area contributed by atoms with Crippen molar-refractivity contribution in [2.24, 2.45) is 0 Å². The van der Waals surface area contributed by atoms with Crippen LogP contribution in [0.3, 0.4) is 0 Å². The van der Waals surface area contributed by atoms with E-state index in [4.69, 9.17) is 18.5 Å². The summed E-state index contributed by atoms with van der Waals surface area (Å²) in [4.78, 5) is 24.5. The summed E-state index contributed by atoms with van der Waals surface area (Å²) >= 11 is 0. The summed E-state index contributed by atoms with van der Waals surface area (Å²) < 4.78 is 34.0. The number of phosphoric acid groups is 1. The van der Waals surface area contributed by atoms with Crippen molar-refractivity contribution >= 4 is 13.8 Å². The molecule has 0 radical (unpaired) electrons. The Bertz CT molecular complexity index is 995. The fraction of sp³-hybridized carbons (Fsp3) is 0.667. The molecule has 0 aromatic heterocycles. The number of likely N-dealkylation sites (N-methyl/N-ethyl adjacent to an activating group) is 1. The molecule has 48 heavy (non-hydrogen) atoms. The number of phosphoric ester groups is 1. The molecule has 0 fully saturated rings. The number of carbonyl (C=O) groups excluding carboxylic acids is 1. The Morgan fingerprint density at radius 1 is 0.667 bits per heavy atom. The lowest BCUT2D eigenvalue weighted by atomic mass is 10.1. The first-order chi connectivity index (χ1) is 23.1. The van der Waals surface area contributed by atoms with Crippen LogP contribution in [0.25, 0.3) is 0 Å². The van der Waals surface area contributed by atoms with Crippen LogP contribution in [0.1, 0.15) is 110 Å². The van der Waals surface area contributed by atoms with Gasteiger partial charge < -0.3 is 27.9 Å². The standard InChI is InChI=1S/C39H68NO7P/c1-6-8-10-12-13-14-15-16-17-18-19-20-21-22-23-24-25-26-27-28-29-31-34-44-36-38(47-39(41)32-30-11-9-7-2)37-46-48(42,43)45-35-33-40(3,4)5/h8,10,13-14,16-17,19-20,22-23,25-26,38H,6-7,9,11-12,15,18,21,24,27-37H2,1-5H3/b10-8-,14-13-,17-16-,20-19-,23-22-,26-25-. The van der Waals surface area contributed by atoms with Crippen LogP contribution in [-0.4, -0.2) is 70.7 Å². The van der Waals surface area contributed by atoms with Crippen molar-refractivity contribution < 1.29 is 37.3 Å². The first kappa shape index (κ1) is 45.9. The topological polar surface area (TPSA) is 94.1 Å². The van der Waals surface area contributed by atoms with Crippen molar-refractivity contribution in [2.75, 3.05) is 54.1 Å². The van der Waals surface area contributed by atoms with E-state index < -0.39 is 13.9 Å². The molecular formula is C39H68NO7P. The molecule has 0 saturated carbocycles. The summed E-state index contributed by atoms with van der Waals surface area (Å²) in [7, 11) is 1.31. The third kappa shape index (κ3) is 35.3. The van der Waals surface area contributed by atoms with Gasteiger partial charge in [0.2, 0.25) is 0 Å². The number of ether oxygens (including phenoxy) is 2. The maximum absolute atomic E-state index is 12.3. The molecule has 0 saturated heterocycles. The SMILES string of the molecule is CC/C=C\C/C=C\C/C=C\C/C=C\C/C=C\C/C=C\CCCCCOCC(COP(=O)([O-])OCC[N+](C)(C)C)OC(=O)CCCCCC. The quantitative estimate of drug-likeness (QED) is 0.0228. The molecule has 0 heterocycles. The average Bonchev–Trinajstić information content (AvgIpc) is 3.03. The average molecular weight is 694 g/mol. The molecule has 0 bridgehead atoms. The number of nitrogens with zero attached hydrogens (tertiary/aromatic N) is 1. The second-order valence-electron chi connectivity index (χ2n) is 12.9. The third-order valence-corrected chi connectivity index (χ3v) is 7.99. The lowest BCUT2D eigenvalue weighted by Gasteiger charge is -2.28. The molecule has 276 valence electrons. The molecule has 0 aliphatic rings. The minimum atomic E-state index is -4.52. The zero-order valence-electron chi connectivity index (χ0n) is 30.9. The largest absolute Gasteiger partial charge is 0.756 e. The number of unbranched alkanes of at least 4 members (excludes halogenated alkanes) is 6. The Morgan fingerprint density at radius 3 is 1.75 bits per heavy atom. The van der Waals surface area contributed by atoms with Gasteiger partial charge in [0.15, 0.2) is 0 Å². The van der Waals surface area contributed by atoms with E-state index in [0.29, 0.717) is 24.1 Å². The highest BCUT2D eigenvalue weighted by Crippen LogP contribution is 2.38. The number of rotatable bonds is 32. The molecule has 8 nitrogen and oxygen atoms in total. The predicted molar refractivity (Wildman–Crippen MR) is 199 cm³/mol. The minimum Gasteiger partial charge on any atom is -0.756 e. The summed E-state index contributed by atoms with van der Waals surface area (Å²) in [5.74, 6) is -0.369. The van der Waals surface area contributed by atoms with E-state index in [1.54, 1.807) is 0 Å². The summed E-state index contributed by atoms with van der Waals surface area (Å²) in [6, 6.07) is 0. The zero-order valence-corrected chi connectivity index (χ0v) is 31.8. The maximum Gasteiger partial charge on any atom is 0.306 e. The molecule has 0 amide bonds. The van der Waals surface area contributed by atoms with Gasteiger partial charge in [0.05, 0.1) is 34.4 Å². The van der Waals surface area contributed by atoms with Gasteiger partial charge in [0.1, 0.15) is 19.3 Å². The number of carbonyl (C=O) groups is 1. The molecule has 0 aliphatic heterocycles. The van der Waals surface area contributed by atoms with Crippen LogP contribution in [0.2, 0.25) is 0 Å². The molecule has 2 atom stereocenters. The first-order valence-electron chi connectivity index (χ1n) is 18.2. The summed E-state index contributed by atoms with van der Waals surface area (Å²) in [6.45, 7) is 5.04. The van der Waals surface area contributed by atoms with Gasteiger partial charge in [0.25, 0.3) is 7.82 Å². The Balaban J connectivity index is 4.16. The van der Waals surface area contributed by atoms with Crippen molar-refractivity contribution in [2.45, 2.75) is 116 Å². The van der Waals surface area contributed by atoms with Crippen LogP contribution in [-0.2, 0) is 27.9 Å². The van der Waals surface area contributed by atoms with E-state index in [1.165, 1.54) is 0 Å². The number of allylic oxidation sites excluding steroid dienone is 12. The summed E-state index contributed by atoms with van der Waals surface area (Å²) in [5, 5.41) is 0. The highest BCUT2D eigenvalue weighted by Gasteiger charge is 2.20. The molecule has 0 spiro atoms. The fourth-order valence-electron chi connectivity index (χ4n) is 4.19. The Morgan fingerprint density at radius 2 is 1.21 bits per heavy atom. The van der Waals surface area contributed by atoms with Crippen molar-refractivity contribution in [1.82, 2.24) is 0 Å². The van der Waals surface area contributed by atoms with Gasteiger partial charge in [0, 0.05) is 13.0 Å².